The molecule has 28 heavy (non-hydrogen) atoms. The summed E-state index contributed by atoms with van der Waals surface area (Å²) >= 11 is 4.95. The Bertz CT molecular complexity index is 1000. The molecule has 0 spiro atoms. The Morgan fingerprint density at radius 1 is 1.21 bits per heavy atom. The third-order valence-corrected chi connectivity index (χ3v) is 5.40. The second-order valence-electron chi connectivity index (χ2n) is 6.28. The van der Waals surface area contributed by atoms with E-state index in [-0.39, 0.29) is 11.6 Å². The van der Waals surface area contributed by atoms with Crippen molar-refractivity contribution in [3.05, 3.63) is 80.1 Å². The molecule has 0 saturated heterocycles. The highest BCUT2D eigenvalue weighted by Crippen LogP contribution is 2.25. The third-order valence-electron chi connectivity index (χ3n) is 3.88. The lowest BCUT2D eigenvalue weighted by molar-refractivity contribution is -0.385. The van der Waals surface area contributed by atoms with Crippen LogP contribution in [0.2, 0.25) is 0 Å². The number of para-hydroxylation sites is 1. The summed E-state index contributed by atoms with van der Waals surface area (Å²) in [4.78, 5) is 10.8. The summed E-state index contributed by atoms with van der Waals surface area (Å²) in [7, 11) is 0. The Balaban J connectivity index is 1.88. The minimum absolute atomic E-state index is 0.00878. The van der Waals surface area contributed by atoms with Crippen LogP contribution in [0.3, 0.4) is 0 Å². The number of halogens is 1. The number of rotatable bonds is 7. The molecule has 3 rings (SSSR count). The Hall–Kier alpha value is -2.52. The van der Waals surface area contributed by atoms with Crippen LogP contribution in [0.1, 0.15) is 36.7 Å². The predicted molar refractivity (Wildman–Crippen MR) is 114 cm³/mol. The number of nitrogens with zero attached hydrogens (tertiary/aromatic N) is 5. The monoisotopic (exact) mass is 459 g/mol. The zero-order chi connectivity index (χ0) is 20.1. The van der Waals surface area contributed by atoms with Crippen LogP contribution in [-0.2, 0) is 5.75 Å². The quantitative estimate of drug-likeness (QED) is 0.208. The average Bonchev–Trinajstić information content (AvgIpc) is 3.09. The number of hydrogen-bond acceptors (Lipinski definition) is 6. The number of thioether (sulfide) groups is 1. The lowest BCUT2D eigenvalue weighted by atomic mass is 10.2. The van der Waals surface area contributed by atoms with Gasteiger partial charge in [-0.25, -0.2) is 0 Å². The lowest BCUT2D eigenvalue weighted by Gasteiger charge is -2.07. The second-order valence-corrected chi connectivity index (χ2v) is 8.14. The van der Waals surface area contributed by atoms with E-state index in [0.717, 1.165) is 10.0 Å². The first-order chi connectivity index (χ1) is 13.5. The molecule has 3 aromatic rings. The summed E-state index contributed by atoms with van der Waals surface area (Å²) in [6, 6.07) is 14.6. The van der Waals surface area contributed by atoms with Crippen molar-refractivity contribution in [2.75, 3.05) is 0 Å². The Morgan fingerprint density at radius 2 is 1.93 bits per heavy atom. The van der Waals surface area contributed by atoms with Crippen molar-refractivity contribution in [2.45, 2.75) is 30.7 Å². The average molecular weight is 460 g/mol. The molecular formula is C19H18BrN5O2S. The summed E-state index contributed by atoms with van der Waals surface area (Å²) < 4.78 is 2.69. The van der Waals surface area contributed by atoms with Gasteiger partial charge in [0.15, 0.2) is 5.82 Å². The van der Waals surface area contributed by atoms with Crippen LogP contribution >= 0.6 is 27.7 Å². The molecule has 0 N–H and O–H groups in total. The van der Waals surface area contributed by atoms with E-state index in [1.54, 1.807) is 22.9 Å². The molecule has 0 radical (unpaired) electrons. The van der Waals surface area contributed by atoms with E-state index in [4.69, 9.17) is 0 Å². The molecule has 1 heterocycles. The predicted octanol–water partition coefficient (Wildman–Crippen LogP) is 5.25. The van der Waals surface area contributed by atoms with Gasteiger partial charge < -0.3 is 0 Å². The zero-order valence-corrected chi connectivity index (χ0v) is 17.7. The Morgan fingerprint density at radius 3 is 2.61 bits per heavy atom. The van der Waals surface area contributed by atoms with Gasteiger partial charge in [-0.2, -0.15) is 9.78 Å². The van der Waals surface area contributed by atoms with Crippen LogP contribution < -0.4 is 0 Å². The van der Waals surface area contributed by atoms with Crippen molar-refractivity contribution >= 4 is 39.6 Å². The van der Waals surface area contributed by atoms with E-state index >= 15 is 0 Å². The van der Waals surface area contributed by atoms with E-state index in [0.29, 0.717) is 22.3 Å². The minimum Gasteiger partial charge on any atom is -0.258 e. The number of nitro groups is 1. The van der Waals surface area contributed by atoms with Gasteiger partial charge in [-0.1, -0.05) is 65.8 Å². The largest absolute Gasteiger partial charge is 0.278 e. The van der Waals surface area contributed by atoms with Gasteiger partial charge in [0.25, 0.3) is 5.69 Å². The summed E-state index contributed by atoms with van der Waals surface area (Å²) in [5, 5.41) is 24.8. The van der Waals surface area contributed by atoms with E-state index in [9.17, 15) is 10.1 Å². The fourth-order valence-corrected chi connectivity index (χ4v) is 3.56. The van der Waals surface area contributed by atoms with Crippen LogP contribution in [0, 0.1) is 10.1 Å². The highest BCUT2D eigenvalue weighted by molar-refractivity contribution is 9.10. The van der Waals surface area contributed by atoms with Crippen LogP contribution in [0.4, 0.5) is 5.69 Å². The highest BCUT2D eigenvalue weighted by Gasteiger charge is 2.16. The lowest BCUT2D eigenvalue weighted by Crippen LogP contribution is -2.03. The first kappa shape index (κ1) is 20.2. The Kier molecular flexibility index (Phi) is 6.58. The standard InChI is InChI=1S/C19H18BrN5O2S/c1-13(2)18-22-23-19(28-12-14-7-9-16(20)10-8-14)24(18)21-11-15-5-3-4-6-17(15)25(26)27/h3-11,13H,12H2,1-2H3/b21-11+. The molecule has 0 fully saturated rings. The normalized spacial score (nSPS) is 11.4. The second kappa shape index (κ2) is 9.11. The minimum atomic E-state index is -0.417. The van der Waals surface area contributed by atoms with Crippen molar-refractivity contribution in [3.8, 4) is 0 Å². The van der Waals surface area contributed by atoms with Crippen LogP contribution in [-0.4, -0.2) is 26.0 Å². The maximum atomic E-state index is 11.2. The molecule has 0 amide bonds. The summed E-state index contributed by atoms with van der Waals surface area (Å²) in [5.41, 5.74) is 1.59. The van der Waals surface area contributed by atoms with Gasteiger partial charge in [-0.3, -0.25) is 10.1 Å². The molecular weight excluding hydrogens is 442 g/mol. The molecule has 0 atom stereocenters. The molecule has 0 unspecified atom stereocenters. The number of benzene rings is 2. The van der Waals surface area contributed by atoms with E-state index in [1.165, 1.54) is 24.0 Å². The van der Waals surface area contributed by atoms with Gasteiger partial charge in [0, 0.05) is 22.2 Å². The number of hydrogen-bond donors (Lipinski definition) is 0. The summed E-state index contributed by atoms with van der Waals surface area (Å²) in [5.74, 6) is 1.52. The van der Waals surface area contributed by atoms with E-state index in [1.807, 2.05) is 38.1 Å². The van der Waals surface area contributed by atoms with Crippen LogP contribution in [0.15, 0.2) is 63.3 Å². The molecule has 7 nitrogen and oxygen atoms in total. The van der Waals surface area contributed by atoms with E-state index < -0.39 is 4.92 Å². The van der Waals surface area contributed by atoms with Gasteiger partial charge in [0.05, 0.1) is 16.7 Å². The van der Waals surface area contributed by atoms with Gasteiger partial charge in [-0.05, 0) is 23.8 Å². The topological polar surface area (TPSA) is 86.2 Å². The number of aromatic nitrogens is 3. The first-order valence-corrected chi connectivity index (χ1v) is 10.3. The zero-order valence-electron chi connectivity index (χ0n) is 15.3. The molecule has 144 valence electrons. The van der Waals surface area contributed by atoms with Crippen molar-refractivity contribution in [1.29, 1.82) is 0 Å². The summed E-state index contributed by atoms with van der Waals surface area (Å²) in [6.07, 6.45) is 1.48. The molecule has 0 aliphatic rings. The highest BCUT2D eigenvalue weighted by atomic mass is 79.9. The SMILES string of the molecule is CC(C)c1nnc(SCc2ccc(Br)cc2)n1/N=C/c1ccccc1[N+](=O)[O-]. The first-order valence-electron chi connectivity index (χ1n) is 8.56. The third kappa shape index (κ3) is 4.85. The van der Waals surface area contributed by atoms with Crippen LogP contribution in [0.25, 0.3) is 0 Å². The van der Waals surface area contributed by atoms with Crippen molar-refractivity contribution in [2.24, 2.45) is 5.10 Å². The maximum Gasteiger partial charge on any atom is 0.278 e. The smallest absolute Gasteiger partial charge is 0.258 e. The molecule has 2 aromatic carbocycles. The molecule has 1 aromatic heterocycles. The summed E-state index contributed by atoms with van der Waals surface area (Å²) in [6.45, 7) is 4.01. The van der Waals surface area contributed by atoms with Crippen molar-refractivity contribution in [1.82, 2.24) is 14.9 Å². The van der Waals surface area contributed by atoms with Crippen molar-refractivity contribution in [3.63, 3.8) is 0 Å². The molecule has 0 aliphatic heterocycles. The molecule has 0 aliphatic carbocycles. The fourth-order valence-electron chi connectivity index (χ4n) is 2.45. The van der Waals surface area contributed by atoms with Gasteiger partial charge in [-0.15, -0.1) is 10.2 Å². The fraction of sp³-hybridized carbons (Fsp3) is 0.211. The molecule has 9 heteroatoms. The van der Waals surface area contributed by atoms with Gasteiger partial charge >= 0.3 is 0 Å². The molecule has 0 bridgehead atoms. The molecule has 0 saturated carbocycles. The number of nitro benzene ring substituents is 1. The Labute approximate surface area is 175 Å². The van der Waals surface area contributed by atoms with Gasteiger partial charge in [0.2, 0.25) is 5.16 Å². The van der Waals surface area contributed by atoms with Crippen molar-refractivity contribution < 1.29 is 4.92 Å². The van der Waals surface area contributed by atoms with Crippen LogP contribution in [0.5, 0.6) is 0 Å². The maximum absolute atomic E-state index is 11.2. The van der Waals surface area contributed by atoms with Gasteiger partial charge in [0.1, 0.15) is 0 Å². The van der Waals surface area contributed by atoms with E-state index in [2.05, 4.69) is 31.2 Å².